The Labute approximate surface area is 119 Å². The summed E-state index contributed by atoms with van der Waals surface area (Å²) in [5.41, 5.74) is -0.152. The van der Waals surface area contributed by atoms with E-state index in [0.717, 1.165) is 25.0 Å². The van der Waals surface area contributed by atoms with E-state index in [-0.39, 0.29) is 23.2 Å². The van der Waals surface area contributed by atoms with Crippen molar-refractivity contribution in [1.29, 1.82) is 0 Å². The van der Waals surface area contributed by atoms with Gasteiger partial charge < -0.3 is 14.5 Å². The molecular formula is C15H22N2O3. The molecule has 0 spiro atoms. The Morgan fingerprint density at radius 1 is 1.35 bits per heavy atom. The lowest BCUT2D eigenvalue weighted by molar-refractivity contribution is -0.0693. The van der Waals surface area contributed by atoms with Crippen LogP contribution in [0.4, 0.5) is 0 Å². The molecule has 2 aliphatic rings. The van der Waals surface area contributed by atoms with Crippen LogP contribution in [0.1, 0.15) is 69.1 Å². The van der Waals surface area contributed by atoms with Gasteiger partial charge in [-0.15, -0.1) is 0 Å². The number of nitrogens with one attached hydrogen (secondary N) is 1. The first-order valence-electron chi connectivity index (χ1n) is 7.23. The van der Waals surface area contributed by atoms with Crippen molar-refractivity contribution in [2.75, 3.05) is 0 Å². The summed E-state index contributed by atoms with van der Waals surface area (Å²) < 4.78 is 11.4. The normalized spacial score (nSPS) is 27.5. The Kier molecular flexibility index (Phi) is 2.94. The number of aromatic nitrogens is 1. The van der Waals surface area contributed by atoms with Gasteiger partial charge in [-0.3, -0.25) is 4.79 Å². The number of hydrogen-bond donors (Lipinski definition) is 1. The molecule has 0 unspecified atom stereocenters. The molecule has 1 saturated carbocycles. The number of nitrogens with zero attached hydrogens (tertiary/aromatic N) is 1. The van der Waals surface area contributed by atoms with Gasteiger partial charge in [0.05, 0.1) is 17.2 Å². The van der Waals surface area contributed by atoms with Gasteiger partial charge in [0, 0.05) is 5.92 Å². The molecule has 5 nitrogen and oxygen atoms in total. The third-order valence-electron chi connectivity index (χ3n) is 4.14. The van der Waals surface area contributed by atoms with Crippen molar-refractivity contribution >= 4 is 5.91 Å². The highest BCUT2D eigenvalue weighted by molar-refractivity contribution is 5.93. The first-order valence-corrected chi connectivity index (χ1v) is 7.23. The fourth-order valence-electron chi connectivity index (χ4n) is 3.07. The highest BCUT2D eigenvalue weighted by Gasteiger charge is 2.47. The van der Waals surface area contributed by atoms with E-state index in [0.29, 0.717) is 11.6 Å². The van der Waals surface area contributed by atoms with Crippen LogP contribution in [-0.2, 0) is 4.74 Å². The smallest absolute Gasteiger partial charge is 0.273 e. The van der Waals surface area contributed by atoms with Crippen LogP contribution >= 0.6 is 0 Å². The van der Waals surface area contributed by atoms with Crippen LogP contribution < -0.4 is 5.32 Å². The second-order valence-electron chi connectivity index (χ2n) is 7.03. The fourth-order valence-corrected chi connectivity index (χ4v) is 3.07. The Balaban J connectivity index is 1.74. The molecular weight excluding hydrogens is 256 g/mol. The molecule has 0 radical (unpaired) electrons. The van der Waals surface area contributed by atoms with E-state index in [4.69, 9.17) is 9.15 Å². The minimum atomic E-state index is -0.372. The summed E-state index contributed by atoms with van der Waals surface area (Å²) in [6, 6.07) is -0.0197. The molecule has 3 rings (SSSR count). The van der Waals surface area contributed by atoms with E-state index >= 15 is 0 Å². The van der Waals surface area contributed by atoms with Crippen LogP contribution in [0.2, 0.25) is 0 Å². The molecule has 1 aromatic rings. The first-order chi connectivity index (χ1) is 9.28. The summed E-state index contributed by atoms with van der Waals surface area (Å²) in [4.78, 5) is 16.5. The van der Waals surface area contributed by atoms with Gasteiger partial charge in [-0.25, -0.2) is 4.98 Å². The van der Waals surface area contributed by atoms with Gasteiger partial charge in [-0.05, 0) is 47.0 Å². The molecule has 1 N–H and O–H groups in total. The molecule has 1 aliphatic carbocycles. The van der Waals surface area contributed by atoms with Crippen molar-refractivity contribution in [2.45, 2.75) is 70.1 Å². The summed E-state index contributed by atoms with van der Waals surface area (Å²) in [5.74, 6) is 0.959. The monoisotopic (exact) mass is 278 g/mol. The number of amides is 1. The molecule has 1 amide bonds. The number of carbonyl (C=O) groups is 1. The van der Waals surface area contributed by atoms with Gasteiger partial charge in [-0.1, -0.05) is 0 Å². The molecule has 2 fully saturated rings. The molecule has 20 heavy (non-hydrogen) atoms. The van der Waals surface area contributed by atoms with Gasteiger partial charge in [-0.2, -0.15) is 0 Å². The Morgan fingerprint density at radius 3 is 2.60 bits per heavy atom. The lowest BCUT2D eigenvalue weighted by Crippen LogP contribution is -2.46. The highest BCUT2D eigenvalue weighted by Crippen LogP contribution is 2.42. The Bertz CT molecular complexity index is 529. The lowest BCUT2D eigenvalue weighted by atomic mass is 9.94. The third-order valence-corrected chi connectivity index (χ3v) is 4.14. The van der Waals surface area contributed by atoms with Crippen LogP contribution in [-0.4, -0.2) is 28.1 Å². The number of oxazole rings is 1. The van der Waals surface area contributed by atoms with E-state index in [1.165, 1.54) is 6.39 Å². The largest absolute Gasteiger partial charge is 0.447 e. The van der Waals surface area contributed by atoms with Crippen molar-refractivity contribution in [2.24, 2.45) is 0 Å². The summed E-state index contributed by atoms with van der Waals surface area (Å²) in [6.07, 6.45) is 4.33. The Morgan fingerprint density at radius 2 is 2.05 bits per heavy atom. The quantitative estimate of drug-likeness (QED) is 0.923. The molecule has 1 aromatic heterocycles. The summed E-state index contributed by atoms with van der Waals surface area (Å²) in [6.45, 7) is 8.12. The van der Waals surface area contributed by atoms with E-state index < -0.39 is 0 Å². The average molecular weight is 278 g/mol. The second kappa shape index (κ2) is 4.32. The van der Waals surface area contributed by atoms with Gasteiger partial charge in [0.15, 0.2) is 12.1 Å². The molecule has 5 heteroatoms. The third kappa shape index (κ3) is 2.46. The molecule has 2 heterocycles. The lowest BCUT2D eigenvalue weighted by Gasteiger charge is -2.27. The van der Waals surface area contributed by atoms with Crippen LogP contribution in [0.5, 0.6) is 0 Å². The van der Waals surface area contributed by atoms with E-state index in [9.17, 15) is 4.79 Å². The molecule has 1 aliphatic heterocycles. The number of hydrogen-bond acceptors (Lipinski definition) is 4. The van der Waals surface area contributed by atoms with Crippen molar-refractivity contribution in [3.63, 3.8) is 0 Å². The van der Waals surface area contributed by atoms with E-state index in [1.807, 2.05) is 27.7 Å². The zero-order valence-corrected chi connectivity index (χ0v) is 12.5. The SMILES string of the molecule is CC1(C)C[C@@H](NC(=O)c2ncoc2C2CC2)C(C)(C)O1. The maximum absolute atomic E-state index is 12.4. The zero-order valence-electron chi connectivity index (χ0n) is 12.5. The molecule has 0 bridgehead atoms. The topological polar surface area (TPSA) is 64.4 Å². The number of carbonyl (C=O) groups excluding carboxylic acids is 1. The van der Waals surface area contributed by atoms with Gasteiger partial charge in [0.25, 0.3) is 5.91 Å². The predicted molar refractivity (Wildman–Crippen MR) is 73.6 cm³/mol. The molecule has 1 saturated heterocycles. The number of rotatable bonds is 3. The standard InChI is InChI=1S/C15H22N2O3/c1-14(2)7-10(15(3,4)20-14)17-13(18)11-12(9-5-6-9)19-8-16-11/h8-10H,5-7H2,1-4H3,(H,17,18)/t10-/m1/s1. The van der Waals surface area contributed by atoms with Crippen molar-refractivity contribution in [3.05, 3.63) is 17.8 Å². The van der Waals surface area contributed by atoms with Gasteiger partial charge in [0.1, 0.15) is 5.76 Å². The predicted octanol–water partition coefficient (Wildman–Crippen LogP) is 2.63. The maximum Gasteiger partial charge on any atom is 0.273 e. The molecule has 110 valence electrons. The summed E-state index contributed by atoms with van der Waals surface area (Å²) in [5, 5.41) is 3.06. The van der Waals surface area contributed by atoms with Gasteiger partial charge >= 0.3 is 0 Å². The maximum atomic E-state index is 12.4. The second-order valence-corrected chi connectivity index (χ2v) is 7.03. The van der Waals surface area contributed by atoms with E-state index in [1.54, 1.807) is 0 Å². The Hall–Kier alpha value is -1.36. The first kappa shape index (κ1) is 13.6. The minimum Gasteiger partial charge on any atom is -0.447 e. The summed E-state index contributed by atoms with van der Waals surface area (Å²) in [7, 11) is 0. The highest BCUT2D eigenvalue weighted by atomic mass is 16.5. The fraction of sp³-hybridized carbons (Fsp3) is 0.733. The van der Waals surface area contributed by atoms with Crippen molar-refractivity contribution < 1.29 is 13.9 Å². The van der Waals surface area contributed by atoms with Gasteiger partial charge in [0.2, 0.25) is 0 Å². The van der Waals surface area contributed by atoms with Crippen LogP contribution in [0, 0.1) is 0 Å². The zero-order chi connectivity index (χ0) is 14.5. The van der Waals surface area contributed by atoms with Crippen molar-refractivity contribution in [1.82, 2.24) is 10.3 Å². The summed E-state index contributed by atoms with van der Waals surface area (Å²) >= 11 is 0. The van der Waals surface area contributed by atoms with Crippen LogP contribution in [0.25, 0.3) is 0 Å². The van der Waals surface area contributed by atoms with Crippen molar-refractivity contribution in [3.8, 4) is 0 Å². The average Bonchev–Trinajstić information content (AvgIpc) is 2.98. The van der Waals surface area contributed by atoms with Crippen LogP contribution in [0.3, 0.4) is 0 Å². The minimum absolute atomic E-state index is 0.0197. The van der Waals surface area contributed by atoms with Crippen LogP contribution in [0.15, 0.2) is 10.8 Å². The molecule has 0 aromatic carbocycles. The number of ether oxygens (including phenoxy) is 1. The van der Waals surface area contributed by atoms with E-state index in [2.05, 4.69) is 10.3 Å². The molecule has 1 atom stereocenters.